The second-order valence-electron chi connectivity index (χ2n) is 5.88. The highest BCUT2D eigenvalue weighted by atomic mass is 19.3. The Balaban J connectivity index is 2.04. The Morgan fingerprint density at radius 1 is 1.00 bits per heavy atom. The predicted molar refractivity (Wildman–Crippen MR) is 84.7 cm³/mol. The van der Waals surface area contributed by atoms with Crippen LogP contribution in [0.1, 0.15) is 50.5 Å². The van der Waals surface area contributed by atoms with Crippen molar-refractivity contribution in [3.05, 3.63) is 60.2 Å². The Kier molecular flexibility index (Phi) is 5.72. The SMILES string of the molecule is CCCCCCC1(C(F)F)C=CC(c2ccccc2)C=C1. The Labute approximate surface area is 126 Å². The molecule has 0 saturated heterocycles. The highest BCUT2D eigenvalue weighted by Gasteiger charge is 2.36. The summed E-state index contributed by atoms with van der Waals surface area (Å²) in [4.78, 5) is 0. The van der Waals surface area contributed by atoms with Crippen molar-refractivity contribution in [2.75, 3.05) is 0 Å². The van der Waals surface area contributed by atoms with Gasteiger partial charge in [-0.05, 0) is 12.0 Å². The van der Waals surface area contributed by atoms with E-state index in [9.17, 15) is 8.78 Å². The van der Waals surface area contributed by atoms with Gasteiger partial charge in [-0.3, -0.25) is 0 Å². The van der Waals surface area contributed by atoms with E-state index in [0.717, 1.165) is 31.2 Å². The van der Waals surface area contributed by atoms with Crippen LogP contribution in [-0.2, 0) is 0 Å². The topological polar surface area (TPSA) is 0 Å². The summed E-state index contributed by atoms with van der Waals surface area (Å²) in [5.74, 6) is 0.119. The number of benzene rings is 1. The molecule has 1 aromatic rings. The first-order chi connectivity index (χ1) is 10.2. The van der Waals surface area contributed by atoms with Gasteiger partial charge in [-0.2, -0.15) is 0 Å². The minimum atomic E-state index is -2.33. The molecule has 1 aliphatic rings. The molecule has 21 heavy (non-hydrogen) atoms. The maximum atomic E-state index is 13.5. The Morgan fingerprint density at radius 2 is 1.67 bits per heavy atom. The third-order valence-corrected chi connectivity index (χ3v) is 4.28. The van der Waals surface area contributed by atoms with Crippen molar-refractivity contribution in [1.82, 2.24) is 0 Å². The summed E-state index contributed by atoms with van der Waals surface area (Å²) in [6.07, 6.45) is 9.70. The van der Waals surface area contributed by atoms with E-state index in [0.29, 0.717) is 6.42 Å². The second kappa shape index (κ2) is 7.53. The molecule has 0 spiro atoms. The lowest BCUT2D eigenvalue weighted by Crippen LogP contribution is -2.27. The fourth-order valence-electron chi connectivity index (χ4n) is 2.86. The average molecular weight is 290 g/mol. The average Bonchev–Trinajstić information content (AvgIpc) is 2.53. The van der Waals surface area contributed by atoms with E-state index in [2.05, 4.69) is 6.92 Å². The van der Waals surface area contributed by atoms with Crippen LogP contribution in [0.2, 0.25) is 0 Å². The number of alkyl halides is 2. The summed E-state index contributed by atoms with van der Waals surface area (Å²) in [6.45, 7) is 2.13. The normalized spacial score (nSPS) is 24.7. The van der Waals surface area contributed by atoms with Crippen molar-refractivity contribution in [2.24, 2.45) is 5.41 Å². The standard InChI is InChI=1S/C19H24F2/c1-2-3-4-8-13-19(18(20)21)14-11-17(12-15-19)16-9-6-5-7-10-16/h5-7,9-12,14-15,17-18H,2-4,8,13H2,1H3. The van der Waals surface area contributed by atoms with Crippen LogP contribution in [0.5, 0.6) is 0 Å². The van der Waals surface area contributed by atoms with E-state index < -0.39 is 11.8 Å². The molecule has 0 heterocycles. The van der Waals surface area contributed by atoms with E-state index in [4.69, 9.17) is 0 Å². The predicted octanol–water partition coefficient (Wildman–Crippen LogP) is 6.12. The van der Waals surface area contributed by atoms with Crippen molar-refractivity contribution < 1.29 is 8.78 Å². The molecular formula is C19H24F2. The molecule has 0 aliphatic heterocycles. The van der Waals surface area contributed by atoms with Gasteiger partial charge in [-0.25, -0.2) is 8.78 Å². The molecule has 1 aliphatic carbocycles. The van der Waals surface area contributed by atoms with Gasteiger partial charge in [0.2, 0.25) is 0 Å². The van der Waals surface area contributed by atoms with Gasteiger partial charge in [0.1, 0.15) is 0 Å². The van der Waals surface area contributed by atoms with Crippen LogP contribution in [0.25, 0.3) is 0 Å². The zero-order valence-electron chi connectivity index (χ0n) is 12.6. The van der Waals surface area contributed by atoms with Gasteiger partial charge >= 0.3 is 0 Å². The Morgan fingerprint density at radius 3 is 2.24 bits per heavy atom. The van der Waals surface area contributed by atoms with Gasteiger partial charge in [0, 0.05) is 5.92 Å². The van der Waals surface area contributed by atoms with Crippen LogP contribution in [0.15, 0.2) is 54.6 Å². The summed E-state index contributed by atoms with van der Waals surface area (Å²) in [6, 6.07) is 10.0. The van der Waals surface area contributed by atoms with E-state index in [1.165, 1.54) is 0 Å². The molecule has 0 N–H and O–H groups in total. The first-order valence-electron chi connectivity index (χ1n) is 7.90. The number of allylic oxidation sites excluding steroid dienone is 4. The quantitative estimate of drug-likeness (QED) is 0.419. The van der Waals surface area contributed by atoms with Gasteiger partial charge in [0.15, 0.2) is 0 Å². The van der Waals surface area contributed by atoms with Crippen molar-refractivity contribution in [2.45, 2.75) is 51.4 Å². The van der Waals surface area contributed by atoms with E-state index >= 15 is 0 Å². The maximum Gasteiger partial charge on any atom is 0.250 e. The Hall–Kier alpha value is -1.44. The lowest BCUT2D eigenvalue weighted by Gasteiger charge is -2.30. The zero-order chi connectivity index (χ0) is 15.1. The van der Waals surface area contributed by atoms with Crippen LogP contribution in [0.3, 0.4) is 0 Å². The molecular weight excluding hydrogens is 266 g/mol. The molecule has 114 valence electrons. The van der Waals surface area contributed by atoms with Crippen molar-refractivity contribution in [3.63, 3.8) is 0 Å². The van der Waals surface area contributed by atoms with Crippen molar-refractivity contribution in [1.29, 1.82) is 0 Å². The first kappa shape index (κ1) is 15.9. The van der Waals surface area contributed by atoms with Crippen LogP contribution in [0, 0.1) is 5.41 Å². The highest BCUT2D eigenvalue weighted by Crippen LogP contribution is 2.40. The van der Waals surface area contributed by atoms with Gasteiger partial charge < -0.3 is 0 Å². The molecule has 0 bridgehead atoms. The lowest BCUT2D eigenvalue weighted by atomic mass is 9.76. The number of hydrogen-bond donors (Lipinski definition) is 0. The number of halogens is 2. The van der Waals surface area contributed by atoms with Crippen molar-refractivity contribution >= 4 is 0 Å². The van der Waals surface area contributed by atoms with Crippen LogP contribution < -0.4 is 0 Å². The molecule has 0 amide bonds. The minimum Gasteiger partial charge on any atom is -0.209 e. The second-order valence-corrected chi connectivity index (χ2v) is 5.88. The summed E-state index contributed by atoms with van der Waals surface area (Å²) >= 11 is 0. The van der Waals surface area contributed by atoms with E-state index in [1.807, 2.05) is 42.5 Å². The van der Waals surface area contributed by atoms with Crippen molar-refractivity contribution in [3.8, 4) is 0 Å². The zero-order valence-corrected chi connectivity index (χ0v) is 12.6. The molecule has 2 rings (SSSR count). The molecule has 0 atom stereocenters. The molecule has 0 nitrogen and oxygen atoms in total. The lowest BCUT2D eigenvalue weighted by molar-refractivity contribution is 0.0495. The number of rotatable bonds is 7. The Bertz CT molecular complexity index is 460. The third kappa shape index (κ3) is 4.03. The summed E-state index contributed by atoms with van der Waals surface area (Å²) < 4.78 is 27.0. The van der Waals surface area contributed by atoms with Crippen LogP contribution in [0.4, 0.5) is 8.78 Å². The van der Waals surface area contributed by atoms with Crippen LogP contribution in [-0.4, -0.2) is 6.43 Å². The summed E-state index contributed by atoms with van der Waals surface area (Å²) in [7, 11) is 0. The van der Waals surface area contributed by atoms with Gasteiger partial charge in [0.25, 0.3) is 6.43 Å². The third-order valence-electron chi connectivity index (χ3n) is 4.28. The van der Waals surface area contributed by atoms with E-state index in [-0.39, 0.29) is 5.92 Å². The van der Waals surface area contributed by atoms with Crippen LogP contribution >= 0.6 is 0 Å². The largest absolute Gasteiger partial charge is 0.250 e. The monoisotopic (exact) mass is 290 g/mol. The molecule has 1 aromatic carbocycles. The smallest absolute Gasteiger partial charge is 0.209 e. The number of unbranched alkanes of at least 4 members (excludes halogenated alkanes) is 3. The van der Waals surface area contributed by atoms with E-state index in [1.54, 1.807) is 12.2 Å². The number of hydrogen-bond acceptors (Lipinski definition) is 0. The van der Waals surface area contributed by atoms with Gasteiger partial charge in [0.05, 0.1) is 5.41 Å². The first-order valence-corrected chi connectivity index (χ1v) is 7.90. The summed E-state index contributed by atoms with van der Waals surface area (Å²) in [5, 5.41) is 0. The molecule has 0 saturated carbocycles. The fourth-order valence-corrected chi connectivity index (χ4v) is 2.86. The summed E-state index contributed by atoms with van der Waals surface area (Å²) in [5.41, 5.74) is 0.0952. The minimum absolute atomic E-state index is 0.119. The molecule has 0 unspecified atom stereocenters. The molecule has 0 radical (unpaired) electrons. The molecule has 2 heteroatoms. The van der Waals surface area contributed by atoms with Gasteiger partial charge in [-0.15, -0.1) is 0 Å². The maximum absolute atomic E-state index is 13.5. The fraction of sp³-hybridized carbons (Fsp3) is 0.474. The van der Waals surface area contributed by atoms with Gasteiger partial charge in [-0.1, -0.05) is 87.2 Å². The molecule has 0 fully saturated rings. The highest BCUT2D eigenvalue weighted by molar-refractivity contribution is 5.34. The molecule has 0 aromatic heterocycles.